The quantitative estimate of drug-likeness (QED) is 0.841. The number of likely N-dealkylation sites (N-methyl/N-ethyl adjacent to an activating group) is 1. The monoisotopic (exact) mass is 309 g/mol. The van der Waals surface area contributed by atoms with Crippen LogP contribution in [0.3, 0.4) is 0 Å². The number of hydrogen-bond donors (Lipinski definition) is 1. The van der Waals surface area contributed by atoms with Gasteiger partial charge in [-0.2, -0.15) is 0 Å². The predicted molar refractivity (Wildman–Crippen MR) is 88.5 cm³/mol. The Bertz CT molecular complexity index is 470. The molecule has 0 aliphatic carbocycles. The molecule has 21 heavy (non-hydrogen) atoms. The highest BCUT2D eigenvalue weighted by Crippen LogP contribution is 2.30. The van der Waals surface area contributed by atoms with Gasteiger partial charge in [0.05, 0.1) is 6.04 Å². The van der Waals surface area contributed by atoms with Crippen LogP contribution in [0.25, 0.3) is 0 Å². The van der Waals surface area contributed by atoms with Gasteiger partial charge in [0, 0.05) is 22.8 Å². The standard InChI is InChI=1S/C16H27N3OS/c1-5-13-16(20)19(11-10-18(6-2)7-3)15(17-13)14-9-8-12(4)21-14/h8-9,13,15,17H,5-7,10-11H2,1-4H3. The van der Waals surface area contributed by atoms with Gasteiger partial charge in [-0.05, 0) is 38.6 Å². The van der Waals surface area contributed by atoms with E-state index in [1.54, 1.807) is 11.3 Å². The molecule has 5 heteroatoms. The average molecular weight is 309 g/mol. The van der Waals surface area contributed by atoms with Gasteiger partial charge in [-0.3, -0.25) is 10.1 Å². The summed E-state index contributed by atoms with van der Waals surface area (Å²) >= 11 is 1.78. The van der Waals surface area contributed by atoms with Crippen LogP contribution in [-0.4, -0.2) is 47.9 Å². The molecule has 118 valence electrons. The molecule has 1 fully saturated rings. The van der Waals surface area contributed by atoms with Crippen LogP contribution >= 0.6 is 11.3 Å². The van der Waals surface area contributed by atoms with Crippen LogP contribution in [0.15, 0.2) is 12.1 Å². The predicted octanol–water partition coefficient (Wildman–Crippen LogP) is 2.61. The number of carbonyl (C=O) groups excluding carboxylic acids is 1. The zero-order chi connectivity index (χ0) is 15.4. The molecule has 4 nitrogen and oxygen atoms in total. The van der Waals surface area contributed by atoms with E-state index >= 15 is 0 Å². The molecule has 0 bridgehead atoms. The smallest absolute Gasteiger partial charge is 0.241 e. The lowest BCUT2D eigenvalue weighted by molar-refractivity contribution is -0.130. The van der Waals surface area contributed by atoms with Crippen LogP contribution in [0.1, 0.15) is 43.1 Å². The Labute approximate surface area is 132 Å². The third kappa shape index (κ3) is 3.65. The molecule has 1 aliphatic heterocycles. The summed E-state index contributed by atoms with van der Waals surface area (Å²) < 4.78 is 0. The van der Waals surface area contributed by atoms with Gasteiger partial charge in [0.25, 0.3) is 0 Å². The van der Waals surface area contributed by atoms with E-state index in [4.69, 9.17) is 0 Å². The highest BCUT2D eigenvalue weighted by atomic mass is 32.1. The van der Waals surface area contributed by atoms with Gasteiger partial charge in [0.15, 0.2) is 0 Å². The van der Waals surface area contributed by atoms with E-state index in [0.29, 0.717) is 0 Å². The van der Waals surface area contributed by atoms with E-state index in [0.717, 1.165) is 32.6 Å². The highest BCUT2D eigenvalue weighted by Gasteiger charge is 2.38. The van der Waals surface area contributed by atoms with Crippen molar-refractivity contribution in [3.05, 3.63) is 21.9 Å². The van der Waals surface area contributed by atoms with Crippen molar-refractivity contribution in [1.82, 2.24) is 15.1 Å². The number of thiophene rings is 1. The summed E-state index contributed by atoms with van der Waals surface area (Å²) in [6.07, 6.45) is 0.901. The molecule has 1 aliphatic rings. The molecule has 1 saturated heterocycles. The fourth-order valence-electron chi connectivity index (χ4n) is 2.84. The van der Waals surface area contributed by atoms with Gasteiger partial charge in [-0.15, -0.1) is 11.3 Å². The van der Waals surface area contributed by atoms with Crippen LogP contribution < -0.4 is 5.32 Å². The minimum atomic E-state index is -0.0332. The van der Waals surface area contributed by atoms with Crippen molar-refractivity contribution in [3.8, 4) is 0 Å². The Balaban J connectivity index is 2.11. The van der Waals surface area contributed by atoms with E-state index in [2.05, 4.69) is 50.0 Å². The molecule has 2 unspecified atom stereocenters. The largest absolute Gasteiger partial charge is 0.319 e. The number of amides is 1. The lowest BCUT2D eigenvalue weighted by atomic mass is 10.2. The van der Waals surface area contributed by atoms with Gasteiger partial charge < -0.3 is 9.80 Å². The number of aryl methyl sites for hydroxylation is 1. The summed E-state index contributed by atoms with van der Waals surface area (Å²) in [7, 11) is 0. The molecular weight excluding hydrogens is 282 g/mol. The molecule has 1 amide bonds. The fraction of sp³-hybridized carbons (Fsp3) is 0.688. The van der Waals surface area contributed by atoms with Crippen molar-refractivity contribution >= 4 is 17.2 Å². The first-order valence-corrected chi connectivity index (χ1v) is 8.77. The Morgan fingerprint density at radius 2 is 2.00 bits per heavy atom. The summed E-state index contributed by atoms with van der Waals surface area (Å²) in [5.74, 6) is 0.251. The Kier molecular flexibility index (Phi) is 5.79. The van der Waals surface area contributed by atoms with Crippen LogP contribution in [0.5, 0.6) is 0 Å². The molecule has 0 saturated carbocycles. The number of nitrogens with zero attached hydrogens (tertiary/aromatic N) is 2. The summed E-state index contributed by atoms with van der Waals surface area (Å²) in [4.78, 5) is 19.5. The molecule has 0 spiro atoms. The molecule has 2 atom stereocenters. The van der Waals surface area contributed by atoms with Crippen molar-refractivity contribution < 1.29 is 4.79 Å². The minimum absolute atomic E-state index is 0.0332. The van der Waals surface area contributed by atoms with E-state index in [9.17, 15) is 4.79 Å². The Hall–Kier alpha value is -0.910. The third-order valence-electron chi connectivity index (χ3n) is 4.24. The van der Waals surface area contributed by atoms with Crippen LogP contribution in [0.4, 0.5) is 0 Å². The van der Waals surface area contributed by atoms with E-state index in [1.165, 1.54) is 9.75 Å². The summed E-state index contributed by atoms with van der Waals surface area (Å²) in [6, 6.07) is 4.25. The van der Waals surface area contributed by atoms with Crippen molar-refractivity contribution in [3.63, 3.8) is 0 Å². The number of rotatable bonds is 7. The van der Waals surface area contributed by atoms with Gasteiger partial charge in [-0.25, -0.2) is 0 Å². The van der Waals surface area contributed by atoms with Crippen LogP contribution in [-0.2, 0) is 4.79 Å². The maximum atomic E-state index is 12.6. The second kappa shape index (κ2) is 7.38. The van der Waals surface area contributed by atoms with Gasteiger partial charge in [0.2, 0.25) is 5.91 Å². The van der Waals surface area contributed by atoms with Gasteiger partial charge in [-0.1, -0.05) is 20.8 Å². The third-order valence-corrected chi connectivity index (χ3v) is 5.30. The molecule has 1 aromatic rings. The SMILES string of the molecule is CCC1NC(c2ccc(C)s2)N(CCN(CC)CC)C1=O. The Morgan fingerprint density at radius 3 is 2.52 bits per heavy atom. The molecule has 1 N–H and O–H groups in total. The minimum Gasteiger partial charge on any atom is -0.319 e. The number of hydrogen-bond acceptors (Lipinski definition) is 4. The first-order valence-electron chi connectivity index (χ1n) is 7.95. The molecule has 0 aromatic carbocycles. The topological polar surface area (TPSA) is 35.6 Å². The van der Waals surface area contributed by atoms with Crippen molar-refractivity contribution in [1.29, 1.82) is 0 Å². The maximum Gasteiger partial charge on any atom is 0.241 e. The summed E-state index contributed by atoms with van der Waals surface area (Å²) in [5, 5.41) is 3.50. The molecule has 1 aromatic heterocycles. The fourth-order valence-corrected chi connectivity index (χ4v) is 3.79. The highest BCUT2D eigenvalue weighted by molar-refractivity contribution is 7.12. The van der Waals surface area contributed by atoms with Crippen LogP contribution in [0.2, 0.25) is 0 Å². The first-order chi connectivity index (χ1) is 10.1. The molecule has 2 rings (SSSR count). The molecular formula is C16H27N3OS. The molecule has 0 radical (unpaired) electrons. The maximum absolute atomic E-state index is 12.6. The van der Waals surface area contributed by atoms with Crippen molar-refractivity contribution in [2.75, 3.05) is 26.2 Å². The van der Waals surface area contributed by atoms with E-state index in [1.807, 2.05) is 4.90 Å². The average Bonchev–Trinajstić information content (AvgIpc) is 3.04. The normalized spacial score (nSPS) is 22.5. The van der Waals surface area contributed by atoms with Crippen molar-refractivity contribution in [2.45, 2.75) is 46.3 Å². The zero-order valence-electron chi connectivity index (χ0n) is 13.6. The van der Waals surface area contributed by atoms with Crippen LogP contribution in [0, 0.1) is 6.92 Å². The first kappa shape index (κ1) is 16.5. The summed E-state index contributed by atoms with van der Waals surface area (Å²) in [6.45, 7) is 12.3. The van der Waals surface area contributed by atoms with Gasteiger partial charge in [0.1, 0.15) is 6.17 Å². The lowest BCUT2D eigenvalue weighted by Gasteiger charge is -2.27. The summed E-state index contributed by atoms with van der Waals surface area (Å²) in [5.41, 5.74) is 0. The van der Waals surface area contributed by atoms with Gasteiger partial charge >= 0.3 is 0 Å². The number of nitrogens with one attached hydrogen (secondary N) is 1. The zero-order valence-corrected chi connectivity index (χ0v) is 14.4. The lowest BCUT2D eigenvalue weighted by Crippen LogP contribution is -2.38. The van der Waals surface area contributed by atoms with E-state index in [-0.39, 0.29) is 18.1 Å². The number of carbonyl (C=O) groups is 1. The second-order valence-corrected chi connectivity index (χ2v) is 6.86. The van der Waals surface area contributed by atoms with E-state index < -0.39 is 0 Å². The Morgan fingerprint density at radius 1 is 1.29 bits per heavy atom. The second-order valence-electron chi connectivity index (χ2n) is 5.54. The van der Waals surface area contributed by atoms with Crippen molar-refractivity contribution in [2.24, 2.45) is 0 Å². The molecule has 2 heterocycles.